The highest BCUT2D eigenvalue weighted by Gasteiger charge is 2.15. The van der Waals surface area contributed by atoms with E-state index in [0.29, 0.717) is 16.4 Å². The fourth-order valence-corrected chi connectivity index (χ4v) is 2.46. The minimum absolute atomic E-state index is 0.0342. The van der Waals surface area contributed by atoms with Crippen LogP contribution < -0.4 is 5.32 Å². The molecule has 2 aromatic carbocycles. The van der Waals surface area contributed by atoms with Crippen molar-refractivity contribution in [3.63, 3.8) is 0 Å². The summed E-state index contributed by atoms with van der Waals surface area (Å²) in [7, 11) is 0. The second-order valence-electron chi connectivity index (χ2n) is 5.43. The number of nitrogens with one attached hydrogen (secondary N) is 1. The van der Waals surface area contributed by atoms with Gasteiger partial charge in [0.15, 0.2) is 6.61 Å². The Morgan fingerprint density at radius 3 is 2.79 bits per heavy atom. The van der Waals surface area contributed by atoms with Gasteiger partial charge in [0.1, 0.15) is 12.7 Å². The van der Waals surface area contributed by atoms with Crippen molar-refractivity contribution in [2.75, 3.05) is 11.9 Å². The summed E-state index contributed by atoms with van der Waals surface area (Å²) in [6, 6.07) is 9.80. The number of amides is 1. The number of benzene rings is 2. The number of nitro groups is 1. The van der Waals surface area contributed by atoms with E-state index in [2.05, 4.69) is 15.4 Å². The topological polar surface area (TPSA) is 129 Å². The number of nitrogens with zero attached hydrogens (tertiary/aromatic N) is 4. The largest absolute Gasteiger partial charge is 0.452 e. The molecule has 3 rings (SSSR count). The monoisotopic (exact) mass is 401 g/mol. The summed E-state index contributed by atoms with van der Waals surface area (Å²) in [6.45, 7) is -0.592. The first-order valence-electron chi connectivity index (χ1n) is 7.80. The molecule has 0 unspecified atom stereocenters. The summed E-state index contributed by atoms with van der Waals surface area (Å²) in [5, 5.41) is 17.7. The highest BCUT2D eigenvalue weighted by atomic mass is 35.5. The molecular weight excluding hydrogens is 390 g/mol. The standard InChI is InChI=1S/C17H12ClN5O5/c18-12-4-5-15(22-10-19-9-20-22)14(7-12)21-16(24)8-28-17(25)11-2-1-3-13(6-11)23(26)27/h1-7,9-10H,8H2,(H,21,24). The number of esters is 1. The minimum atomic E-state index is -0.860. The number of carbonyl (C=O) groups is 2. The van der Waals surface area contributed by atoms with Gasteiger partial charge in [-0.3, -0.25) is 14.9 Å². The number of hydrogen-bond donors (Lipinski definition) is 1. The van der Waals surface area contributed by atoms with Gasteiger partial charge >= 0.3 is 5.97 Å². The number of non-ortho nitro benzene ring substituents is 1. The molecule has 0 spiro atoms. The van der Waals surface area contributed by atoms with E-state index in [0.717, 1.165) is 6.07 Å². The van der Waals surface area contributed by atoms with Crippen LogP contribution in [0.4, 0.5) is 11.4 Å². The molecule has 0 aliphatic rings. The molecule has 0 saturated heterocycles. The quantitative estimate of drug-likeness (QED) is 0.381. The van der Waals surface area contributed by atoms with Crippen LogP contribution in [-0.2, 0) is 9.53 Å². The number of nitro benzene ring substituents is 1. The predicted molar refractivity (Wildman–Crippen MR) is 98.4 cm³/mol. The number of hydrogen-bond acceptors (Lipinski definition) is 7. The Bertz CT molecular complexity index is 1040. The summed E-state index contributed by atoms with van der Waals surface area (Å²) in [4.78, 5) is 38.2. The summed E-state index contributed by atoms with van der Waals surface area (Å²) in [5.74, 6) is -1.48. The average Bonchev–Trinajstić information content (AvgIpc) is 3.21. The van der Waals surface area contributed by atoms with Crippen LogP contribution in [0.2, 0.25) is 5.02 Å². The van der Waals surface area contributed by atoms with Gasteiger partial charge in [-0.25, -0.2) is 14.5 Å². The Kier molecular flexibility index (Phi) is 5.61. The van der Waals surface area contributed by atoms with E-state index in [1.165, 1.54) is 41.6 Å². The van der Waals surface area contributed by atoms with E-state index in [4.69, 9.17) is 16.3 Å². The zero-order valence-corrected chi connectivity index (χ0v) is 14.9. The first-order chi connectivity index (χ1) is 13.4. The van der Waals surface area contributed by atoms with Crippen LogP contribution in [0.15, 0.2) is 55.1 Å². The number of ether oxygens (including phenoxy) is 1. The van der Waals surface area contributed by atoms with Crippen molar-refractivity contribution in [2.24, 2.45) is 0 Å². The normalized spacial score (nSPS) is 10.3. The summed E-state index contributed by atoms with van der Waals surface area (Å²) in [6.07, 6.45) is 2.78. The second-order valence-corrected chi connectivity index (χ2v) is 5.87. The highest BCUT2D eigenvalue weighted by Crippen LogP contribution is 2.24. The lowest BCUT2D eigenvalue weighted by Crippen LogP contribution is -2.21. The summed E-state index contributed by atoms with van der Waals surface area (Å²) < 4.78 is 6.35. The fraction of sp³-hybridized carbons (Fsp3) is 0.0588. The predicted octanol–water partition coefficient (Wildman–Crippen LogP) is 2.62. The third kappa shape index (κ3) is 4.48. The maximum atomic E-state index is 12.2. The van der Waals surface area contributed by atoms with Crippen molar-refractivity contribution in [1.29, 1.82) is 0 Å². The van der Waals surface area contributed by atoms with Gasteiger partial charge in [0.25, 0.3) is 11.6 Å². The molecule has 0 fully saturated rings. The van der Waals surface area contributed by atoms with Crippen LogP contribution in [-0.4, -0.2) is 38.2 Å². The molecule has 0 aliphatic heterocycles. The lowest BCUT2D eigenvalue weighted by atomic mass is 10.2. The smallest absolute Gasteiger partial charge is 0.338 e. The maximum absolute atomic E-state index is 12.2. The zero-order chi connectivity index (χ0) is 20.1. The second kappa shape index (κ2) is 8.27. The minimum Gasteiger partial charge on any atom is -0.452 e. The highest BCUT2D eigenvalue weighted by molar-refractivity contribution is 6.31. The van der Waals surface area contributed by atoms with Crippen LogP contribution in [0.3, 0.4) is 0 Å². The first-order valence-corrected chi connectivity index (χ1v) is 8.18. The average molecular weight is 402 g/mol. The van der Waals surface area contributed by atoms with Crippen molar-refractivity contribution in [2.45, 2.75) is 0 Å². The molecule has 0 bridgehead atoms. The van der Waals surface area contributed by atoms with E-state index < -0.39 is 23.4 Å². The van der Waals surface area contributed by atoms with Gasteiger partial charge in [0, 0.05) is 17.2 Å². The molecule has 1 aromatic heterocycles. The van der Waals surface area contributed by atoms with Crippen LogP contribution in [0.25, 0.3) is 5.69 Å². The molecule has 3 aromatic rings. The molecule has 142 valence electrons. The van der Waals surface area contributed by atoms with Gasteiger partial charge in [0.2, 0.25) is 0 Å². The molecule has 0 atom stereocenters. The molecule has 1 heterocycles. The molecule has 0 saturated carbocycles. The van der Waals surface area contributed by atoms with Gasteiger partial charge in [-0.05, 0) is 24.3 Å². The Balaban J connectivity index is 1.67. The Hall–Kier alpha value is -3.79. The molecule has 28 heavy (non-hydrogen) atoms. The lowest BCUT2D eigenvalue weighted by molar-refractivity contribution is -0.384. The Morgan fingerprint density at radius 1 is 1.25 bits per heavy atom. The Morgan fingerprint density at radius 2 is 2.07 bits per heavy atom. The third-order valence-corrected chi connectivity index (χ3v) is 3.76. The summed E-state index contributed by atoms with van der Waals surface area (Å²) in [5.41, 5.74) is 0.568. The summed E-state index contributed by atoms with van der Waals surface area (Å²) >= 11 is 5.97. The van der Waals surface area contributed by atoms with Crippen molar-refractivity contribution in [3.05, 3.63) is 75.8 Å². The lowest BCUT2D eigenvalue weighted by Gasteiger charge is -2.11. The molecule has 10 nitrogen and oxygen atoms in total. The Labute approximate surface area is 162 Å². The maximum Gasteiger partial charge on any atom is 0.338 e. The first kappa shape index (κ1) is 19.0. The molecular formula is C17H12ClN5O5. The molecule has 0 radical (unpaired) electrons. The van der Waals surface area contributed by atoms with Crippen LogP contribution in [0.5, 0.6) is 0 Å². The number of anilines is 1. The van der Waals surface area contributed by atoms with E-state index in [1.54, 1.807) is 12.1 Å². The van der Waals surface area contributed by atoms with Crippen molar-refractivity contribution in [3.8, 4) is 5.69 Å². The molecule has 1 amide bonds. The van der Waals surface area contributed by atoms with Crippen molar-refractivity contribution < 1.29 is 19.2 Å². The number of rotatable bonds is 6. The number of aromatic nitrogens is 3. The number of halogens is 1. The van der Waals surface area contributed by atoms with Gasteiger partial charge < -0.3 is 10.1 Å². The zero-order valence-electron chi connectivity index (χ0n) is 14.1. The SMILES string of the molecule is O=C(COC(=O)c1cccc([N+](=O)[O-])c1)Nc1cc(Cl)ccc1-n1cncn1. The van der Waals surface area contributed by atoms with Crippen LogP contribution in [0.1, 0.15) is 10.4 Å². The van der Waals surface area contributed by atoms with Gasteiger partial charge in [-0.1, -0.05) is 17.7 Å². The third-order valence-electron chi connectivity index (χ3n) is 3.53. The van der Waals surface area contributed by atoms with Crippen LogP contribution in [0, 0.1) is 10.1 Å². The van der Waals surface area contributed by atoms with Crippen molar-refractivity contribution in [1.82, 2.24) is 14.8 Å². The van der Waals surface area contributed by atoms with Crippen molar-refractivity contribution >= 4 is 34.9 Å². The van der Waals surface area contributed by atoms with Gasteiger partial charge in [-0.15, -0.1) is 0 Å². The number of carbonyl (C=O) groups excluding carboxylic acids is 2. The van der Waals surface area contributed by atoms with Gasteiger partial charge in [0.05, 0.1) is 21.9 Å². The molecule has 1 N–H and O–H groups in total. The van der Waals surface area contributed by atoms with E-state index in [9.17, 15) is 19.7 Å². The van der Waals surface area contributed by atoms with E-state index in [-0.39, 0.29) is 11.3 Å². The van der Waals surface area contributed by atoms with E-state index >= 15 is 0 Å². The molecule has 11 heteroatoms. The van der Waals surface area contributed by atoms with Crippen LogP contribution >= 0.6 is 11.6 Å². The fourth-order valence-electron chi connectivity index (χ4n) is 2.29. The van der Waals surface area contributed by atoms with E-state index in [1.807, 2.05) is 0 Å². The molecule has 0 aliphatic carbocycles. The van der Waals surface area contributed by atoms with Gasteiger partial charge in [-0.2, -0.15) is 5.10 Å².